The van der Waals surface area contributed by atoms with E-state index in [-0.39, 0.29) is 0 Å². The van der Waals surface area contributed by atoms with Crippen molar-refractivity contribution in [2.75, 3.05) is 32.8 Å². The Morgan fingerprint density at radius 1 is 1.17 bits per heavy atom. The van der Waals surface area contributed by atoms with Crippen LogP contribution < -0.4 is 0 Å². The average molecular weight is 316 g/mol. The topological polar surface area (TPSA) is 43.2 Å². The SMILES string of the molecule is CCCOCC1CCN(CCCn2nnc3ccccc32)CC1. The summed E-state index contributed by atoms with van der Waals surface area (Å²) in [7, 11) is 0. The molecule has 1 aromatic heterocycles. The number of fused-ring (bicyclic) bond motifs is 1. The molecule has 5 nitrogen and oxygen atoms in total. The van der Waals surface area contributed by atoms with Gasteiger partial charge in [-0.3, -0.25) is 0 Å². The maximum atomic E-state index is 5.69. The van der Waals surface area contributed by atoms with E-state index < -0.39 is 0 Å². The third kappa shape index (κ3) is 4.52. The second-order valence-corrected chi connectivity index (χ2v) is 6.51. The zero-order valence-electron chi connectivity index (χ0n) is 14.2. The second kappa shape index (κ2) is 8.41. The van der Waals surface area contributed by atoms with Gasteiger partial charge in [0.2, 0.25) is 0 Å². The van der Waals surface area contributed by atoms with Crippen LogP contribution >= 0.6 is 0 Å². The fraction of sp³-hybridized carbons (Fsp3) is 0.667. The average Bonchev–Trinajstić information content (AvgIpc) is 3.00. The lowest BCUT2D eigenvalue weighted by atomic mass is 9.98. The minimum absolute atomic E-state index is 0.761. The molecule has 23 heavy (non-hydrogen) atoms. The molecule has 0 unspecified atom stereocenters. The first-order chi connectivity index (χ1) is 11.4. The van der Waals surface area contributed by atoms with Gasteiger partial charge in [-0.05, 0) is 63.4 Å². The van der Waals surface area contributed by atoms with Crippen LogP contribution in [0.15, 0.2) is 24.3 Å². The highest BCUT2D eigenvalue weighted by Gasteiger charge is 2.18. The molecule has 0 aliphatic carbocycles. The van der Waals surface area contributed by atoms with Crippen molar-refractivity contribution >= 4 is 11.0 Å². The van der Waals surface area contributed by atoms with Gasteiger partial charge < -0.3 is 9.64 Å². The Bertz CT molecular complexity index is 589. The Morgan fingerprint density at radius 3 is 2.83 bits per heavy atom. The number of ether oxygens (including phenoxy) is 1. The van der Waals surface area contributed by atoms with Gasteiger partial charge >= 0.3 is 0 Å². The summed E-state index contributed by atoms with van der Waals surface area (Å²) in [6.45, 7) is 8.53. The van der Waals surface area contributed by atoms with Crippen LogP contribution in [0.3, 0.4) is 0 Å². The summed E-state index contributed by atoms with van der Waals surface area (Å²) in [5.74, 6) is 0.761. The summed E-state index contributed by atoms with van der Waals surface area (Å²) >= 11 is 0. The molecular weight excluding hydrogens is 288 g/mol. The van der Waals surface area contributed by atoms with Gasteiger partial charge in [0, 0.05) is 19.8 Å². The molecule has 5 heteroatoms. The predicted molar refractivity (Wildman–Crippen MR) is 92.4 cm³/mol. The van der Waals surface area contributed by atoms with E-state index in [1.54, 1.807) is 0 Å². The van der Waals surface area contributed by atoms with E-state index in [1.807, 2.05) is 22.9 Å². The lowest BCUT2D eigenvalue weighted by Gasteiger charge is -2.31. The van der Waals surface area contributed by atoms with E-state index in [0.717, 1.165) is 56.1 Å². The summed E-state index contributed by atoms with van der Waals surface area (Å²) in [5, 5.41) is 8.48. The molecule has 1 saturated heterocycles. The molecule has 0 N–H and O–H groups in total. The van der Waals surface area contributed by atoms with Gasteiger partial charge in [-0.15, -0.1) is 5.10 Å². The molecule has 126 valence electrons. The monoisotopic (exact) mass is 316 g/mol. The van der Waals surface area contributed by atoms with Crippen LogP contribution in [0.1, 0.15) is 32.6 Å². The van der Waals surface area contributed by atoms with Crippen molar-refractivity contribution in [2.24, 2.45) is 5.92 Å². The Labute approximate surface area is 138 Å². The molecule has 0 saturated carbocycles. The molecule has 0 radical (unpaired) electrons. The minimum atomic E-state index is 0.761. The Hall–Kier alpha value is -1.46. The first-order valence-corrected chi connectivity index (χ1v) is 8.95. The van der Waals surface area contributed by atoms with Crippen LogP contribution in [0.25, 0.3) is 11.0 Å². The first kappa shape index (κ1) is 16.4. The van der Waals surface area contributed by atoms with Crippen LogP contribution in [0, 0.1) is 5.92 Å². The molecule has 1 aliphatic heterocycles. The van der Waals surface area contributed by atoms with E-state index in [1.165, 1.54) is 25.9 Å². The van der Waals surface area contributed by atoms with Gasteiger partial charge in [-0.2, -0.15) is 0 Å². The van der Waals surface area contributed by atoms with Crippen LogP contribution in [-0.2, 0) is 11.3 Å². The highest BCUT2D eigenvalue weighted by molar-refractivity contribution is 5.73. The van der Waals surface area contributed by atoms with Crippen LogP contribution in [-0.4, -0.2) is 52.7 Å². The van der Waals surface area contributed by atoms with Crippen LogP contribution in [0.4, 0.5) is 0 Å². The van der Waals surface area contributed by atoms with Gasteiger partial charge in [0.1, 0.15) is 5.52 Å². The normalized spacial score (nSPS) is 17.1. The molecule has 0 atom stereocenters. The molecule has 1 fully saturated rings. The van der Waals surface area contributed by atoms with E-state index in [9.17, 15) is 0 Å². The summed E-state index contributed by atoms with van der Waals surface area (Å²) in [6.07, 6.45) is 4.80. The van der Waals surface area contributed by atoms with E-state index in [4.69, 9.17) is 4.74 Å². The van der Waals surface area contributed by atoms with Gasteiger partial charge in [0.15, 0.2) is 0 Å². The molecule has 2 heterocycles. The summed E-state index contributed by atoms with van der Waals surface area (Å²) in [4.78, 5) is 2.58. The molecule has 1 aromatic carbocycles. The molecular formula is C18H28N4O. The number of nitrogens with zero attached hydrogens (tertiary/aromatic N) is 4. The summed E-state index contributed by atoms with van der Waals surface area (Å²) < 4.78 is 7.72. The van der Waals surface area contributed by atoms with Crippen molar-refractivity contribution in [1.29, 1.82) is 0 Å². The number of para-hydroxylation sites is 1. The van der Waals surface area contributed by atoms with Crippen LogP contribution in [0.5, 0.6) is 0 Å². The number of likely N-dealkylation sites (tertiary alicyclic amines) is 1. The standard InChI is InChI=1S/C18H28N4O/c1-2-14-23-15-16-8-12-21(13-9-16)10-5-11-22-18-7-4-3-6-17(18)19-20-22/h3-4,6-7,16H,2,5,8-15H2,1H3. The van der Waals surface area contributed by atoms with Gasteiger partial charge in [0.05, 0.1) is 5.52 Å². The first-order valence-electron chi connectivity index (χ1n) is 8.95. The third-order valence-electron chi connectivity index (χ3n) is 4.67. The Morgan fingerprint density at radius 2 is 2.00 bits per heavy atom. The van der Waals surface area contributed by atoms with Gasteiger partial charge in [-0.1, -0.05) is 24.3 Å². The number of benzene rings is 1. The van der Waals surface area contributed by atoms with E-state index in [2.05, 4.69) is 28.2 Å². The summed E-state index contributed by atoms with van der Waals surface area (Å²) in [6, 6.07) is 8.17. The number of aryl methyl sites for hydroxylation is 1. The number of hydrogen-bond acceptors (Lipinski definition) is 4. The largest absolute Gasteiger partial charge is 0.381 e. The van der Waals surface area contributed by atoms with Crippen molar-refractivity contribution in [3.63, 3.8) is 0 Å². The van der Waals surface area contributed by atoms with Crippen molar-refractivity contribution in [3.05, 3.63) is 24.3 Å². The van der Waals surface area contributed by atoms with Crippen molar-refractivity contribution < 1.29 is 4.74 Å². The fourth-order valence-electron chi connectivity index (χ4n) is 3.30. The Kier molecular flexibility index (Phi) is 6.00. The molecule has 1 aliphatic rings. The number of piperidine rings is 1. The van der Waals surface area contributed by atoms with E-state index >= 15 is 0 Å². The molecule has 0 amide bonds. The van der Waals surface area contributed by atoms with Crippen molar-refractivity contribution in [3.8, 4) is 0 Å². The maximum absolute atomic E-state index is 5.69. The van der Waals surface area contributed by atoms with E-state index in [0.29, 0.717) is 0 Å². The molecule has 3 rings (SSSR count). The molecule has 0 bridgehead atoms. The fourth-order valence-corrected chi connectivity index (χ4v) is 3.30. The minimum Gasteiger partial charge on any atom is -0.381 e. The number of hydrogen-bond donors (Lipinski definition) is 0. The van der Waals surface area contributed by atoms with Crippen LogP contribution in [0.2, 0.25) is 0 Å². The lowest BCUT2D eigenvalue weighted by Crippen LogP contribution is -2.36. The maximum Gasteiger partial charge on any atom is 0.113 e. The second-order valence-electron chi connectivity index (χ2n) is 6.51. The van der Waals surface area contributed by atoms with Gasteiger partial charge in [-0.25, -0.2) is 4.68 Å². The highest BCUT2D eigenvalue weighted by atomic mass is 16.5. The zero-order chi connectivity index (χ0) is 15.9. The molecule has 0 spiro atoms. The number of rotatable bonds is 8. The Balaban J connectivity index is 1.37. The van der Waals surface area contributed by atoms with Crippen molar-refractivity contribution in [1.82, 2.24) is 19.9 Å². The highest BCUT2D eigenvalue weighted by Crippen LogP contribution is 2.18. The van der Waals surface area contributed by atoms with Gasteiger partial charge in [0.25, 0.3) is 0 Å². The quantitative estimate of drug-likeness (QED) is 0.702. The lowest BCUT2D eigenvalue weighted by molar-refractivity contribution is 0.0668. The van der Waals surface area contributed by atoms with Crippen molar-refractivity contribution in [2.45, 2.75) is 39.2 Å². The third-order valence-corrected chi connectivity index (χ3v) is 4.67. The summed E-state index contributed by atoms with van der Waals surface area (Å²) in [5.41, 5.74) is 2.12. The molecule has 2 aromatic rings. The zero-order valence-corrected chi connectivity index (χ0v) is 14.2. The number of aromatic nitrogens is 3. The predicted octanol–water partition coefficient (Wildman–Crippen LogP) is 2.96. The smallest absolute Gasteiger partial charge is 0.113 e.